The smallest absolute Gasteiger partial charge is 0.241 e. The van der Waals surface area contributed by atoms with Gasteiger partial charge in [0.25, 0.3) is 0 Å². The summed E-state index contributed by atoms with van der Waals surface area (Å²) in [4.78, 5) is 16.8. The number of amides is 1. The van der Waals surface area contributed by atoms with Crippen LogP contribution in [-0.2, 0) is 4.79 Å². The lowest BCUT2D eigenvalue weighted by atomic mass is 10.0. The summed E-state index contributed by atoms with van der Waals surface area (Å²) in [5, 5.41) is 3.42. The number of hydrogen-bond acceptors (Lipinski definition) is 3. The van der Waals surface area contributed by atoms with Gasteiger partial charge in [0.15, 0.2) is 0 Å². The van der Waals surface area contributed by atoms with E-state index in [0.717, 1.165) is 19.4 Å². The zero-order chi connectivity index (χ0) is 13.1. The van der Waals surface area contributed by atoms with Crippen molar-refractivity contribution >= 4 is 5.91 Å². The van der Waals surface area contributed by atoms with E-state index in [1.165, 1.54) is 25.8 Å². The molecule has 4 nitrogen and oxygen atoms in total. The van der Waals surface area contributed by atoms with Crippen molar-refractivity contribution < 1.29 is 4.79 Å². The molecular weight excluding hydrogens is 226 g/mol. The Kier molecular flexibility index (Phi) is 4.62. The lowest BCUT2D eigenvalue weighted by Gasteiger charge is -2.36. The average molecular weight is 253 g/mol. The van der Waals surface area contributed by atoms with Crippen LogP contribution in [0.3, 0.4) is 0 Å². The quantitative estimate of drug-likeness (QED) is 0.823. The zero-order valence-electron chi connectivity index (χ0n) is 12.0. The first-order valence-corrected chi connectivity index (χ1v) is 7.40. The third-order valence-electron chi connectivity index (χ3n) is 4.40. The summed E-state index contributed by atoms with van der Waals surface area (Å²) < 4.78 is 0. The van der Waals surface area contributed by atoms with Gasteiger partial charge >= 0.3 is 0 Å². The predicted octanol–water partition coefficient (Wildman–Crippen LogP) is 1.42. The van der Waals surface area contributed by atoms with Gasteiger partial charge in [-0.05, 0) is 39.8 Å². The van der Waals surface area contributed by atoms with Crippen molar-refractivity contribution in [3.63, 3.8) is 0 Å². The summed E-state index contributed by atoms with van der Waals surface area (Å²) >= 11 is 0. The highest BCUT2D eigenvalue weighted by Crippen LogP contribution is 2.20. The van der Waals surface area contributed by atoms with Crippen LogP contribution in [0.25, 0.3) is 0 Å². The molecule has 2 fully saturated rings. The summed E-state index contributed by atoms with van der Waals surface area (Å²) in [7, 11) is 2.19. The summed E-state index contributed by atoms with van der Waals surface area (Å²) in [5.74, 6) is 0.309. The molecular formula is C14H27N3O. The second kappa shape index (κ2) is 6.02. The van der Waals surface area contributed by atoms with Crippen molar-refractivity contribution in [1.29, 1.82) is 0 Å². The van der Waals surface area contributed by atoms with Gasteiger partial charge in [-0.2, -0.15) is 0 Å². The third kappa shape index (κ3) is 2.86. The largest absolute Gasteiger partial charge is 0.325 e. The molecule has 2 aliphatic heterocycles. The second-order valence-corrected chi connectivity index (χ2v) is 5.80. The Balaban J connectivity index is 1.93. The molecule has 2 heterocycles. The van der Waals surface area contributed by atoms with Crippen molar-refractivity contribution in [3.05, 3.63) is 0 Å². The maximum Gasteiger partial charge on any atom is 0.241 e. The van der Waals surface area contributed by atoms with E-state index in [-0.39, 0.29) is 12.2 Å². The minimum absolute atomic E-state index is 0.0545. The number of piperidine rings is 1. The van der Waals surface area contributed by atoms with Gasteiger partial charge < -0.3 is 9.80 Å². The summed E-state index contributed by atoms with van der Waals surface area (Å²) in [6, 6.07) is 0.603. The molecule has 0 saturated carbocycles. The molecule has 3 atom stereocenters. The standard InChI is InChI=1S/C14H27N3O/c1-4-7-13-14(18)17(11(2)15-13)10-12-8-5-6-9-16(12)3/h11-13,15H,4-10H2,1-3H3. The van der Waals surface area contributed by atoms with Crippen molar-refractivity contribution in [1.82, 2.24) is 15.1 Å². The Labute approximate surface area is 111 Å². The molecule has 4 heteroatoms. The highest BCUT2D eigenvalue weighted by atomic mass is 16.2. The van der Waals surface area contributed by atoms with E-state index in [0.29, 0.717) is 11.9 Å². The van der Waals surface area contributed by atoms with Crippen LogP contribution in [0.4, 0.5) is 0 Å². The third-order valence-corrected chi connectivity index (χ3v) is 4.40. The SMILES string of the molecule is CCCC1NC(C)N(CC2CCCCN2C)C1=O. The van der Waals surface area contributed by atoms with E-state index >= 15 is 0 Å². The number of likely N-dealkylation sites (tertiary alicyclic amines) is 1. The fraction of sp³-hybridized carbons (Fsp3) is 0.929. The minimum Gasteiger partial charge on any atom is -0.325 e. The van der Waals surface area contributed by atoms with Gasteiger partial charge in [-0.25, -0.2) is 0 Å². The van der Waals surface area contributed by atoms with Crippen molar-refractivity contribution in [3.8, 4) is 0 Å². The topological polar surface area (TPSA) is 35.6 Å². The fourth-order valence-corrected chi connectivity index (χ4v) is 3.19. The van der Waals surface area contributed by atoms with E-state index in [4.69, 9.17) is 0 Å². The molecule has 1 amide bonds. The van der Waals surface area contributed by atoms with Crippen LogP contribution >= 0.6 is 0 Å². The highest BCUT2D eigenvalue weighted by molar-refractivity contribution is 5.84. The van der Waals surface area contributed by atoms with Crippen LogP contribution in [0.15, 0.2) is 0 Å². The molecule has 2 saturated heterocycles. The van der Waals surface area contributed by atoms with Crippen LogP contribution in [-0.4, -0.2) is 54.1 Å². The number of hydrogen-bond donors (Lipinski definition) is 1. The summed E-state index contributed by atoms with van der Waals surface area (Å²) in [6.07, 6.45) is 6.05. The van der Waals surface area contributed by atoms with Crippen LogP contribution < -0.4 is 5.32 Å². The molecule has 0 aromatic carbocycles. The molecule has 3 unspecified atom stereocenters. The van der Waals surface area contributed by atoms with Crippen molar-refractivity contribution in [2.24, 2.45) is 0 Å². The van der Waals surface area contributed by atoms with E-state index < -0.39 is 0 Å². The molecule has 18 heavy (non-hydrogen) atoms. The molecule has 0 radical (unpaired) electrons. The molecule has 0 spiro atoms. The first-order chi connectivity index (χ1) is 8.63. The molecule has 1 N–H and O–H groups in total. The number of rotatable bonds is 4. The Hall–Kier alpha value is -0.610. The van der Waals surface area contributed by atoms with Gasteiger partial charge in [0.05, 0.1) is 12.2 Å². The van der Waals surface area contributed by atoms with Crippen molar-refractivity contribution in [2.75, 3.05) is 20.1 Å². The molecule has 0 aliphatic carbocycles. The van der Waals surface area contributed by atoms with Crippen LogP contribution in [0.1, 0.15) is 46.0 Å². The number of nitrogens with zero attached hydrogens (tertiary/aromatic N) is 2. The highest BCUT2D eigenvalue weighted by Gasteiger charge is 2.37. The predicted molar refractivity (Wildman–Crippen MR) is 73.3 cm³/mol. The van der Waals surface area contributed by atoms with E-state index in [2.05, 4.69) is 31.1 Å². The van der Waals surface area contributed by atoms with Gasteiger partial charge in [-0.3, -0.25) is 10.1 Å². The molecule has 2 aliphatic rings. The molecule has 2 rings (SSSR count). The van der Waals surface area contributed by atoms with Gasteiger partial charge in [0.1, 0.15) is 0 Å². The average Bonchev–Trinajstić information content (AvgIpc) is 2.60. The van der Waals surface area contributed by atoms with E-state index in [9.17, 15) is 4.79 Å². The number of carbonyl (C=O) groups is 1. The number of carbonyl (C=O) groups excluding carboxylic acids is 1. The molecule has 104 valence electrons. The minimum atomic E-state index is 0.0545. The normalized spacial score (nSPS) is 34.3. The lowest BCUT2D eigenvalue weighted by molar-refractivity contribution is -0.130. The summed E-state index contributed by atoms with van der Waals surface area (Å²) in [6.45, 7) is 6.31. The fourth-order valence-electron chi connectivity index (χ4n) is 3.19. The Morgan fingerprint density at radius 3 is 2.83 bits per heavy atom. The molecule has 0 aromatic rings. The second-order valence-electron chi connectivity index (χ2n) is 5.80. The van der Waals surface area contributed by atoms with E-state index in [1.807, 2.05) is 4.90 Å². The van der Waals surface area contributed by atoms with Crippen LogP contribution in [0.5, 0.6) is 0 Å². The van der Waals surface area contributed by atoms with Crippen LogP contribution in [0.2, 0.25) is 0 Å². The summed E-state index contributed by atoms with van der Waals surface area (Å²) in [5.41, 5.74) is 0. The zero-order valence-corrected chi connectivity index (χ0v) is 12.0. The van der Waals surface area contributed by atoms with E-state index in [1.54, 1.807) is 0 Å². The Morgan fingerprint density at radius 1 is 1.39 bits per heavy atom. The number of likely N-dealkylation sites (N-methyl/N-ethyl adjacent to an activating group) is 1. The maximum absolute atomic E-state index is 12.3. The van der Waals surface area contributed by atoms with Gasteiger partial charge in [0.2, 0.25) is 5.91 Å². The van der Waals surface area contributed by atoms with Gasteiger partial charge in [-0.15, -0.1) is 0 Å². The lowest BCUT2D eigenvalue weighted by Crippen LogP contribution is -2.47. The van der Waals surface area contributed by atoms with Crippen LogP contribution in [0, 0.1) is 0 Å². The Bertz CT molecular complexity index is 295. The maximum atomic E-state index is 12.3. The number of nitrogens with one attached hydrogen (secondary N) is 1. The first-order valence-electron chi connectivity index (χ1n) is 7.40. The molecule has 0 aromatic heterocycles. The van der Waals surface area contributed by atoms with Gasteiger partial charge in [0, 0.05) is 12.6 Å². The monoisotopic (exact) mass is 253 g/mol. The Morgan fingerprint density at radius 2 is 2.17 bits per heavy atom. The van der Waals surface area contributed by atoms with Crippen molar-refractivity contribution in [2.45, 2.75) is 64.2 Å². The first kappa shape index (κ1) is 13.8. The van der Waals surface area contributed by atoms with Gasteiger partial charge in [-0.1, -0.05) is 19.8 Å². The molecule has 0 bridgehead atoms.